The Morgan fingerprint density at radius 2 is 2.04 bits per heavy atom. The van der Waals surface area contributed by atoms with Gasteiger partial charge < -0.3 is 13.9 Å². The van der Waals surface area contributed by atoms with Crippen molar-refractivity contribution in [3.05, 3.63) is 51.9 Å². The fraction of sp³-hybridized carbons (Fsp3) is 0.211. The van der Waals surface area contributed by atoms with Gasteiger partial charge in [-0.2, -0.15) is 0 Å². The molecule has 3 rings (SSSR count). The second-order valence-electron chi connectivity index (χ2n) is 5.75. The maximum atomic E-state index is 12.8. The highest BCUT2D eigenvalue weighted by Crippen LogP contribution is 2.35. The smallest absolute Gasteiger partial charge is 0.331 e. The third-order valence-electron chi connectivity index (χ3n) is 3.96. The maximum absolute atomic E-state index is 12.8. The van der Waals surface area contributed by atoms with Crippen LogP contribution < -0.4 is 14.8 Å². The first kappa shape index (κ1) is 19.7. The van der Waals surface area contributed by atoms with Crippen molar-refractivity contribution in [1.29, 1.82) is 0 Å². The molecule has 0 unspecified atom stereocenters. The van der Waals surface area contributed by atoms with E-state index < -0.39 is 17.8 Å². The van der Waals surface area contributed by atoms with Gasteiger partial charge in [0.2, 0.25) is 0 Å². The summed E-state index contributed by atoms with van der Waals surface area (Å²) in [6, 6.07) is 5.80. The Morgan fingerprint density at radius 1 is 1.25 bits per heavy atom. The fourth-order valence-electron chi connectivity index (χ4n) is 2.64. The average molecular weight is 449 g/mol. The van der Waals surface area contributed by atoms with Gasteiger partial charge in [0.15, 0.2) is 11.5 Å². The molecule has 0 aliphatic carbocycles. The van der Waals surface area contributed by atoms with E-state index in [2.05, 4.69) is 21.2 Å². The second-order valence-corrected chi connectivity index (χ2v) is 6.60. The highest BCUT2D eigenvalue weighted by molar-refractivity contribution is 9.10. The Labute approximate surface area is 169 Å². The van der Waals surface area contributed by atoms with Gasteiger partial charge in [-0.3, -0.25) is 19.8 Å². The monoisotopic (exact) mass is 448 g/mol. The van der Waals surface area contributed by atoms with Gasteiger partial charge in [0.05, 0.1) is 26.5 Å². The van der Waals surface area contributed by atoms with Gasteiger partial charge in [-0.1, -0.05) is 15.9 Å². The van der Waals surface area contributed by atoms with Crippen LogP contribution in [0.1, 0.15) is 18.2 Å². The van der Waals surface area contributed by atoms with E-state index in [0.717, 1.165) is 4.90 Å². The maximum Gasteiger partial charge on any atom is 0.331 e. The number of imide groups is 2. The summed E-state index contributed by atoms with van der Waals surface area (Å²) >= 11 is 3.40. The van der Waals surface area contributed by atoms with E-state index in [0.29, 0.717) is 33.9 Å². The number of halogens is 1. The summed E-state index contributed by atoms with van der Waals surface area (Å²) < 4.78 is 16.6. The molecule has 0 bridgehead atoms. The summed E-state index contributed by atoms with van der Waals surface area (Å²) in [5.41, 5.74) is 0.342. The Morgan fingerprint density at radius 3 is 2.68 bits per heavy atom. The van der Waals surface area contributed by atoms with E-state index in [1.807, 2.05) is 6.92 Å². The minimum Gasteiger partial charge on any atom is -0.493 e. The molecule has 28 heavy (non-hydrogen) atoms. The number of nitrogens with one attached hydrogen (secondary N) is 1. The number of barbiturate groups is 1. The summed E-state index contributed by atoms with van der Waals surface area (Å²) in [6.45, 7) is 2.16. The summed E-state index contributed by atoms with van der Waals surface area (Å²) in [7, 11) is 1.51. The second kappa shape index (κ2) is 8.30. The van der Waals surface area contributed by atoms with Gasteiger partial charge in [-0.05, 0) is 42.8 Å². The van der Waals surface area contributed by atoms with Crippen molar-refractivity contribution >= 4 is 39.9 Å². The summed E-state index contributed by atoms with van der Waals surface area (Å²) in [6.07, 6.45) is 2.83. The number of benzene rings is 1. The standard InChI is InChI=1S/C19H17BrN2O6/c1-3-27-16-8-11(14(20)9-15(16)26-2)7-13-17(23)21-19(25)22(18(13)24)10-12-5-4-6-28-12/h4-9H,3,10H2,1-2H3,(H,21,23,25)/b13-7+. The van der Waals surface area contributed by atoms with Gasteiger partial charge in [0.1, 0.15) is 11.3 Å². The molecular weight excluding hydrogens is 432 g/mol. The molecule has 9 heteroatoms. The highest BCUT2D eigenvalue weighted by Gasteiger charge is 2.36. The third kappa shape index (κ3) is 3.94. The van der Waals surface area contributed by atoms with Gasteiger partial charge in [-0.15, -0.1) is 0 Å². The molecule has 1 aromatic heterocycles. The van der Waals surface area contributed by atoms with Crippen LogP contribution in [0.3, 0.4) is 0 Å². The van der Waals surface area contributed by atoms with Crippen LogP contribution >= 0.6 is 15.9 Å². The number of furan rings is 1. The van der Waals surface area contributed by atoms with Gasteiger partial charge in [0.25, 0.3) is 11.8 Å². The van der Waals surface area contributed by atoms with Gasteiger partial charge in [0, 0.05) is 4.47 Å². The van der Waals surface area contributed by atoms with E-state index in [9.17, 15) is 14.4 Å². The Balaban J connectivity index is 1.97. The van der Waals surface area contributed by atoms with Crippen molar-refractivity contribution in [1.82, 2.24) is 10.2 Å². The lowest BCUT2D eigenvalue weighted by Gasteiger charge is -2.25. The molecular formula is C19H17BrN2O6. The molecule has 0 atom stereocenters. The molecule has 2 aromatic rings. The van der Waals surface area contributed by atoms with Crippen LogP contribution in [0.15, 0.2) is 45.0 Å². The molecule has 146 valence electrons. The lowest BCUT2D eigenvalue weighted by atomic mass is 10.1. The summed E-state index contributed by atoms with van der Waals surface area (Å²) in [4.78, 5) is 38.1. The summed E-state index contributed by atoms with van der Waals surface area (Å²) in [5.74, 6) is -0.101. The first-order valence-electron chi connectivity index (χ1n) is 8.36. The molecule has 4 amide bonds. The van der Waals surface area contributed by atoms with E-state index in [4.69, 9.17) is 13.9 Å². The van der Waals surface area contributed by atoms with Gasteiger partial charge in [-0.25, -0.2) is 4.79 Å². The van der Waals surface area contributed by atoms with Crippen molar-refractivity contribution in [2.75, 3.05) is 13.7 Å². The third-order valence-corrected chi connectivity index (χ3v) is 4.65. The molecule has 1 aliphatic rings. The van der Waals surface area contributed by atoms with E-state index in [1.165, 1.54) is 19.4 Å². The van der Waals surface area contributed by atoms with E-state index in [1.54, 1.807) is 24.3 Å². The predicted octanol–water partition coefficient (Wildman–Crippen LogP) is 3.11. The molecule has 1 fully saturated rings. The zero-order valence-electron chi connectivity index (χ0n) is 15.2. The number of nitrogens with zero attached hydrogens (tertiary/aromatic N) is 1. The number of carbonyl (C=O) groups is 3. The highest BCUT2D eigenvalue weighted by atomic mass is 79.9. The number of methoxy groups -OCH3 is 1. The number of rotatable bonds is 6. The fourth-order valence-corrected chi connectivity index (χ4v) is 3.08. The van der Waals surface area contributed by atoms with Crippen molar-refractivity contribution in [3.8, 4) is 11.5 Å². The molecule has 0 spiro atoms. The topological polar surface area (TPSA) is 98.1 Å². The van der Waals surface area contributed by atoms with Gasteiger partial charge >= 0.3 is 6.03 Å². The number of ether oxygens (including phenoxy) is 2. The molecule has 1 N–H and O–H groups in total. The zero-order chi connectivity index (χ0) is 20.3. The number of hydrogen-bond acceptors (Lipinski definition) is 6. The first-order valence-corrected chi connectivity index (χ1v) is 9.15. The van der Waals surface area contributed by atoms with Crippen molar-refractivity contribution in [3.63, 3.8) is 0 Å². The number of hydrogen-bond donors (Lipinski definition) is 1. The lowest BCUT2D eigenvalue weighted by molar-refractivity contribution is -0.130. The summed E-state index contributed by atoms with van der Waals surface area (Å²) in [5, 5.41) is 2.17. The van der Waals surface area contributed by atoms with Crippen LogP contribution in [-0.4, -0.2) is 36.5 Å². The number of carbonyl (C=O) groups excluding carboxylic acids is 3. The van der Waals surface area contributed by atoms with Crippen LogP contribution in [0, 0.1) is 0 Å². The Bertz CT molecular complexity index is 952. The normalized spacial score (nSPS) is 15.8. The minimum atomic E-state index is -0.799. The molecule has 1 aliphatic heterocycles. The molecule has 1 saturated heterocycles. The van der Waals surface area contributed by atoms with Crippen LogP contribution in [0.5, 0.6) is 11.5 Å². The Hall–Kier alpha value is -3.07. The average Bonchev–Trinajstić information content (AvgIpc) is 3.17. The quantitative estimate of drug-likeness (QED) is 0.538. The molecule has 1 aromatic carbocycles. The number of urea groups is 1. The zero-order valence-corrected chi connectivity index (χ0v) is 16.7. The van der Waals surface area contributed by atoms with E-state index in [-0.39, 0.29) is 12.1 Å². The van der Waals surface area contributed by atoms with Crippen LogP contribution in [0.4, 0.5) is 4.79 Å². The Kier molecular flexibility index (Phi) is 5.84. The largest absolute Gasteiger partial charge is 0.493 e. The van der Waals surface area contributed by atoms with Crippen molar-refractivity contribution in [2.45, 2.75) is 13.5 Å². The van der Waals surface area contributed by atoms with Crippen molar-refractivity contribution < 1.29 is 28.3 Å². The lowest BCUT2D eigenvalue weighted by Crippen LogP contribution is -2.53. The van der Waals surface area contributed by atoms with Crippen LogP contribution in [0.2, 0.25) is 0 Å². The number of amides is 4. The predicted molar refractivity (Wildman–Crippen MR) is 103 cm³/mol. The van der Waals surface area contributed by atoms with Crippen molar-refractivity contribution in [2.24, 2.45) is 0 Å². The molecule has 0 radical (unpaired) electrons. The van der Waals surface area contributed by atoms with E-state index >= 15 is 0 Å². The first-order chi connectivity index (χ1) is 13.4. The van der Waals surface area contributed by atoms with Crippen LogP contribution in [0.25, 0.3) is 6.08 Å². The SMILES string of the molecule is CCOc1cc(/C=C2\C(=O)NC(=O)N(Cc3ccco3)C2=O)c(Br)cc1OC. The molecule has 2 heterocycles. The minimum absolute atomic E-state index is 0.0870. The molecule has 8 nitrogen and oxygen atoms in total. The molecule has 0 saturated carbocycles. The van der Waals surface area contributed by atoms with Crippen LogP contribution in [-0.2, 0) is 16.1 Å².